The number of nitrogens with two attached hydrogens (primary N) is 2. The molecule has 0 fully saturated rings. The van der Waals surface area contributed by atoms with Gasteiger partial charge < -0.3 is 11.5 Å². The number of hydrogen-bond donors (Lipinski definition) is 2. The summed E-state index contributed by atoms with van der Waals surface area (Å²) in [6.45, 7) is 0. The molecule has 19 heavy (non-hydrogen) atoms. The number of nitrogens with zero attached hydrogens (tertiary/aromatic N) is 1. The van der Waals surface area contributed by atoms with Crippen LogP contribution >= 0.6 is 11.3 Å². The Labute approximate surface area is 115 Å². The number of aryl methyl sites for hydroxylation is 2. The molecule has 1 amide bonds. The van der Waals surface area contributed by atoms with E-state index >= 15 is 0 Å². The second-order valence-electron chi connectivity index (χ2n) is 5.07. The van der Waals surface area contributed by atoms with Crippen molar-refractivity contribution < 1.29 is 4.79 Å². The van der Waals surface area contributed by atoms with Gasteiger partial charge >= 0.3 is 0 Å². The summed E-state index contributed by atoms with van der Waals surface area (Å²) in [5.74, 6) is -0.462. The maximum absolute atomic E-state index is 11.5. The van der Waals surface area contributed by atoms with E-state index in [4.69, 9.17) is 16.5 Å². The molecule has 4 nitrogen and oxygen atoms in total. The van der Waals surface area contributed by atoms with Crippen molar-refractivity contribution in [1.82, 2.24) is 4.98 Å². The van der Waals surface area contributed by atoms with Crippen LogP contribution in [0, 0.1) is 0 Å². The van der Waals surface area contributed by atoms with E-state index in [1.807, 2.05) is 0 Å². The Morgan fingerprint density at radius 3 is 2.68 bits per heavy atom. The van der Waals surface area contributed by atoms with Crippen LogP contribution in [0.4, 0.5) is 5.00 Å². The maximum Gasteiger partial charge on any atom is 0.252 e. The highest BCUT2D eigenvalue weighted by atomic mass is 32.1. The molecule has 4 N–H and O–H groups in total. The quantitative estimate of drug-likeness (QED) is 0.839. The lowest BCUT2D eigenvalue weighted by Gasteiger charge is -2.12. The van der Waals surface area contributed by atoms with Gasteiger partial charge in [-0.05, 0) is 37.3 Å². The lowest BCUT2D eigenvalue weighted by Crippen LogP contribution is -2.12. The van der Waals surface area contributed by atoms with Gasteiger partial charge in [0, 0.05) is 11.1 Å². The van der Waals surface area contributed by atoms with Crippen molar-refractivity contribution in [3.05, 3.63) is 22.9 Å². The molecule has 0 atom stereocenters. The molecule has 1 aliphatic carbocycles. The van der Waals surface area contributed by atoms with Crippen molar-refractivity contribution in [1.29, 1.82) is 0 Å². The molecule has 3 rings (SSSR count). The predicted molar refractivity (Wildman–Crippen MR) is 78.4 cm³/mol. The smallest absolute Gasteiger partial charge is 0.252 e. The summed E-state index contributed by atoms with van der Waals surface area (Å²) in [5, 5.41) is 1.31. The second kappa shape index (κ2) is 4.81. The highest BCUT2D eigenvalue weighted by molar-refractivity contribution is 7.22. The van der Waals surface area contributed by atoms with Gasteiger partial charge in [0.15, 0.2) is 0 Å². The highest BCUT2D eigenvalue weighted by Crippen LogP contribution is 2.34. The molecule has 1 aliphatic rings. The zero-order valence-corrected chi connectivity index (χ0v) is 11.6. The molecule has 0 saturated carbocycles. The van der Waals surface area contributed by atoms with E-state index in [1.165, 1.54) is 48.3 Å². The number of thiophene rings is 1. The average Bonchev–Trinajstić information content (AvgIpc) is 2.64. The van der Waals surface area contributed by atoms with E-state index in [9.17, 15) is 4.79 Å². The number of carbonyl (C=O) groups is 1. The Morgan fingerprint density at radius 1 is 1.21 bits per heavy atom. The zero-order valence-electron chi connectivity index (χ0n) is 10.7. The van der Waals surface area contributed by atoms with Crippen LogP contribution in [0.1, 0.15) is 47.3 Å². The zero-order chi connectivity index (χ0) is 13.4. The lowest BCUT2D eigenvalue weighted by atomic mass is 9.96. The SMILES string of the molecule is NC(=O)c1c(N)sc2nc3c(cc12)CCCCCC3. The van der Waals surface area contributed by atoms with Crippen LogP contribution in [-0.2, 0) is 12.8 Å². The topological polar surface area (TPSA) is 82.0 Å². The van der Waals surface area contributed by atoms with Crippen molar-refractivity contribution in [2.24, 2.45) is 5.73 Å². The fraction of sp³-hybridized carbons (Fsp3) is 0.429. The molecule has 100 valence electrons. The summed E-state index contributed by atoms with van der Waals surface area (Å²) in [6, 6.07) is 2.08. The number of aromatic nitrogens is 1. The number of anilines is 1. The predicted octanol–water partition coefficient (Wildman–Crippen LogP) is 2.64. The number of fused-ring (bicyclic) bond motifs is 2. The lowest BCUT2D eigenvalue weighted by molar-refractivity contribution is 0.100. The van der Waals surface area contributed by atoms with Gasteiger partial charge in [-0.25, -0.2) is 4.98 Å². The van der Waals surface area contributed by atoms with Gasteiger partial charge in [0.25, 0.3) is 5.91 Å². The number of pyridine rings is 1. The Hall–Kier alpha value is -1.62. The molecule has 0 unspecified atom stereocenters. The Bertz CT molecular complexity index is 648. The van der Waals surface area contributed by atoms with E-state index in [-0.39, 0.29) is 0 Å². The van der Waals surface area contributed by atoms with E-state index in [2.05, 4.69) is 6.07 Å². The number of hydrogen-bond acceptors (Lipinski definition) is 4. The van der Waals surface area contributed by atoms with Gasteiger partial charge in [0.05, 0.1) is 5.56 Å². The fourth-order valence-corrected chi connectivity index (χ4v) is 3.71. The largest absolute Gasteiger partial charge is 0.390 e. The first kappa shape index (κ1) is 12.4. The van der Waals surface area contributed by atoms with Crippen LogP contribution in [0.25, 0.3) is 10.2 Å². The monoisotopic (exact) mass is 275 g/mol. The molecule has 5 heteroatoms. The first-order valence-corrected chi connectivity index (χ1v) is 7.49. The Balaban J connectivity index is 2.19. The number of carbonyl (C=O) groups excluding carboxylic acids is 1. The second-order valence-corrected chi connectivity index (χ2v) is 6.10. The van der Waals surface area contributed by atoms with E-state index in [1.54, 1.807) is 0 Å². The van der Waals surface area contributed by atoms with Gasteiger partial charge in [0.2, 0.25) is 0 Å². The third kappa shape index (κ3) is 2.18. The highest BCUT2D eigenvalue weighted by Gasteiger charge is 2.18. The van der Waals surface area contributed by atoms with Crippen LogP contribution in [0.2, 0.25) is 0 Å². The Kier molecular flexibility index (Phi) is 3.14. The summed E-state index contributed by atoms with van der Waals surface area (Å²) < 4.78 is 0. The van der Waals surface area contributed by atoms with Crippen LogP contribution in [0.5, 0.6) is 0 Å². The summed E-state index contributed by atoms with van der Waals surface area (Å²) in [7, 11) is 0. The summed E-state index contributed by atoms with van der Waals surface area (Å²) >= 11 is 1.36. The third-order valence-corrected chi connectivity index (χ3v) is 4.66. The standard InChI is InChI=1S/C14H17N3OS/c15-12(18)11-9-7-8-5-3-1-2-4-6-10(8)17-14(9)19-13(11)16/h7H,1-6,16H2,(H2,15,18). The molecule has 0 radical (unpaired) electrons. The number of rotatable bonds is 1. The number of amides is 1. The van der Waals surface area contributed by atoms with Crippen LogP contribution < -0.4 is 11.5 Å². The van der Waals surface area contributed by atoms with Gasteiger partial charge in [-0.2, -0.15) is 0 Å². The molecule has 0 aliphatic heterocycles. The minimum atomic E-state index is -0.462. The first-order valence-electron chi connectivity index (χ1n) is 6.67. The molecular formula is C14H17N3OS. The summed E-state index contributed by atoms with van der Waals surface area (Å²) in [4.78, 5) is 17.1. The van der Waals surface area contributed by atoms with Crippen molar-refractivity contribution in [3.8, 4) is 0 Å². The van der Waals surface area contributed by atoms with Crippen LogP contribution in [0.3, 0.4) is 0 Å². The summed E-state index contributed by atoms with van der Waals surface area (Å²) in [5.41, 5.74) is 14.2. The minimum absolute atomic E-state index is 0.442. The van der Waals surface area contributed by atoms with Gasteiger partial charge in [0.1, 0.15) is 9.83 Å². The minimum Gasteiger partial charge on any atom is -0.390 e. The first-order chi connectivity index (χ1) is 9.16. The molecule has 2 aromatic rings. The van der Waals surface area contributed by atoms with E-state index in [0.29, 0.717) is 10.6 Å². The molecule has 2 aromatic heterocycles. The van der Waals surface area contributed by atoms with Gasteiger partial charge in [-0.3, -0.25) is 4.79 Å². The van der Waals surface area contributed by atoms with Crippen LogP contribution in [0.15, 0.2) is 6.07 Å². The Morgan fingerprint density at radius 2 is 1.95 bits per heavy atom. The third-order valence-electron chi connectivity index (χ3n) is 3.73. The molecule has 0 aromatic carbocycles. The van der Waals surface area contributed by atoms with Gasteiger partial charge in [-0.1, -0.05) is 24.2 Å². The van der Waals surface area contributed by atoms with Crippen molar-refractivity contribution in [3.63, 3.8) is 0 Å². The number of primary amides is 1. The molecule has 2 heterocycles. The van der Waals surface area contributed by atoms with Crippen LogP contribution in [-0.4, -0.2) is 10.9 Å². The van der Waals surface area contributed by atoms with Crippen molar-refractivity contribution >= 4 is 32.5 Å². The average molecular weight is 275 g/mol. The van der Waals surface area contributed by atoms with E-state index < -0.39 is 5.91 Å². The summed E-state index contributed by atoms with van der Waals surface area (Å²) in [6.07, 6.45) is 6.98. The molecule has 0 bridgehead atoms. The van der Waals surface area contributed by atoms with Crippen molar-refractivity contribution in [2.45, 2.75) is 38.5 Å². The maximum atomic E-state index is 11.5. The van der Waals surface area contributed by atoms with E-state index in [0.717, 1.165) is 23.1 Å². The number of nitrogen functional groups attached to an aromatic ring is 1. The van der Waals surface area contributed by atoms with Crippen molar-refractivity contribution in [2.75, 3.05) is 5.73 Å². The molecule has 0 spiro atoms. The fourth-order valence-electron chi connectivity index (χ4n) is 2.77. The normalized spacial score (nSPS) is 15.8. The molecular weight excluding hydrogens is 258 g/mol. The molecule has 0 saturated heterocycles. The van der Waals surface area contributed by atoms with Gasteiger partial charge in [-0.15, -0.1) is 0 Å².